The zero-order valence-corrected chi connectivity index (χ0v) is 18.6. The van der Waals surface area contributed by atoms with Gasteiger partial charge in [0.1, 0.15) is 5.60 Å². The first-order valence-corrected chi connectivity index (χ1v) is 11.1. The van der Waals surface area contributed by atoms with Gasteiger partial charge < -0.3 is 19.7 Å². The Labute approximate surface area is 182 Å². The van der Waals surface area contributed by atoms with E-state index in [0.29, 0.717) is 6.42 Å². The molecule has 0 spiro atoms. The summed E-state index contributed by atoms with van der Waals surface area (Å²) in [7, 11) is 1.20. The van der Waals surface area contributed by atoms with Crippen molar-refractivity contribution in [3.8, 4) is 0 Å². The molecule has 2 N–H and O–H groups in total. The summed E-state index contributed by atoms with van der Waals surface area (Å²) in [5.74, 6) is -1.40. The summed E-state index contributed by atoms with van der Waals surface area (Å²) in [5.41, 5.74) is -1.80. The number of ketones is 1. The van der Waals surface area contributed by atoms with Crippen molar-refractivity contribution in [2.75, 3.05) is 7.11 Å². The van der Waals surface area contributed by atoms with Gasteiger partial charge in [0.25, 0.3) is 0 Å². The van der Waals surface area contributed by atoms with Crippen LogP contribution < -0.4 is 0 Å². The molecule has 0 bridgehead atoms. The third kappa shape index (κ3) is 3.04. The van der Waals surface area contributed by atoms with Crippen molar-refractivity contribution in [3.63, 3.8) is 0 Å². The Kier molecular flexibility index (Phi) is 5.21. The van der Waals surface area contributed by atoms with Gasteiger partial charge in [0.2, 0.25) is 6.10 Å². The number of methoxy groups -OCH3 is 1. The Morgan fingerprint density at radius 1 is 1.26 bits per heavy atom. The smallest absolute Gasteiger partial charge is 0.350 e. The molecule has 7 nitrogen and oxygen atoms in total. The molecule has 0 saturated heterocycles. The van der Waals surface area contributed by atoms with E-state index < -0.39 is 40.6 Å². The van der Waals surface area contributed by atoms with Crippen LogP contribution in [0.3, 0.4) is 0 Å². The number of ether oxygens (including phenoxy) is 2. The third-order valence-corrected chi connectivity index (χ3v) is 8.84. The number of aliphatic hydroxyl groups is 2. The molecular weight excluding hydrogens is 400 g/mol. The first kappa shape index (κ1) is 22.2. The van der Waals surface area contributed by atoms with Crippen LogP contribution in [0.15, 0.2) is 23.8 Å². The molecule has 3 saturated carbocycles. The Balaban J connectivity index is 1.73. The fourth-order valence-electron chi connectivity index (χ4n) is 7.41. The first-order chi connectivity index (χ1) is 14.5. The number of allylic oxidation sites excluding steroid dienone is 4. The molecule has 8 atom stereocenters. The molecule has 2 unspecified atom stereocenters. The molecule has 0 aliphatic heterocycles. The standard InChI is InChI=1S/C24H32O7/c1-13(25)31-20(21(28)30-4)24(29)10-8-17-16-6-5-14-11-15(26)7-9-22(14,2)19(16)18(27)12-23(17,24)3/h7,9,11,16-20,27,29H,5-6,8,10,12H2,1-4H3/t16-,17-,18?,19+,20?,22-,23-,24-/m0/s1. The van der Waals surface area contributed by atoms with Gasteiger partial charge in [0.05, 0.1) is 13.2 Å². The molecule has 7 heteroatoms. The monoisotopic (exact) mass is 432 g/mol. The van der Waals surface area contributed by atoms with E-state index in [9.17, 15) is 24.6 Å². The van der Waals surface area contributed by atoms with E-state index in [-0.39, 0.29) is 36.4 Å². The Morgan fingerprint density at radius 2 is 1.97 bits per heavy atom. The average Bonchev–Trinajstić information content (AvgIpc) is 2.97. The van der Waals surface area contributed by atoms with E-state index in [1.807, 2.05) is 13.0 Å². The maximum Gasteiger partial charge on any atom is 0.350 e. The molecule has 0 aromatic rings. The Bertz CT molecular complexity index is 875. The number of carbonyl (C=O) groups excluding carboxylic acids is 3. The molecule has 170 valence electrons. The molecule has 3 fully saturated rings. The Morgan fingerprint density at radius 3 is 2.61 bits per heavy atom. The van der Waals surface area contributed by atoms with Crippen LogP contribution in [0.5, 0.6) is 0 Å². The van der Waals surface area contributed by atoms with E-state index in [1.165, 1.54) is 14.0 Å². The van der Waals surface area contributed by atoms with Gasteiger partial charge in [-0.1, -0.05) is 25.5 Å². The lowest BCUT2D eigenvalue weighted by Gasteiger charge is -2.60. The molecular formula is C24H32O7. The van der Waals surface area contributed by atoms with Gasteiger partial charge >= 0.3 is 11.9 Å². The number of aliphatic hydroxyl groups excluding tert-OH is 1. The highest BCUT2D eigenvalue weighted by Gasteiger charge is 2.69. The minimum atomic E-state index is -1.63. The average molecular weight is 433 g/mol. The van der Waals surface area contributed by atoms with Crippen molar-refractivity contribution in [2.45, 2.75) is 70.7 Å². The summed E-state index contributed by atoms with van der Waals surface area (Å²) in [4.78, 5) is 36.2. The van der Waals surface area contributed by atoms with Gasteiger partial charge in [0, 0.05) is 23.7 Å². The fraction of sp³-hybridized carbons (Fsp3) is 0.708. The zero-order valence-electron chi connectivity index (χ0n) is 18.6. The molecule has 0 amide bonds. The van der Waals surface area contributed by atoms with E-state index >= 15 is 0 Å². The highest BCUT2D eigenvalue weighted by atomic mass is 16.6. The topological polar surface area (TPSA) is 110 Å². The molecule has 0 aromatic heterocycles. The van der Waals surface area contributed by atoms with Crippen molar-refractivity contribution in [1.29, 1.82) is 0 Å². The number of carbonyl (C=O) groups is 3. The number of hydrogen-bond acceptors (Lipinski definition) is 7. The summed E-state index contributed by atoms with van der Waals surface area (Å²) in [5, 5.41) is 23.2. The van der Waals surface area contributed by atoms with Gasteiger partial charge in [-0.25, -0.2) is 4.79 Å². The predicted octanol–water partition coefficient (Wildman–Crippen LogP) is 2.10. The molecule has 31 heavy (non-hydrogen) atoms. The summed E-state index contributed by atoms with van der Waals surface area (Å²) < 4.78 is 10.1. The largest absolute Gasteiger partial charge is 0.466 e. The van der Waals surface area contributed by atoms with Gasteiger partial charge in [-0.15, -0.1) is 0 Å². The van der Waals surface area contributed by atoms with Crippen LogP contribution in [0, 0.1) is 28.6 Å². The number of rotatable bonds is 3. The zero-order chi connectivity index (χ0) is 22.8. The normalized spacial score (nSPS) is 44.5. The van der Waals surface area contributed by atoms with Gasteiger partial charge in [-0.3, -0.25) is 9.59 Å². The van der Waals surface area contributed by atoms with Gasteiger partial charge in [-0.05, 0) is 56.1 Å². The number of fused-ring (bicyclic) bond motifs is 5. The van der Waals surface area contributed by atoms with Crippen LogP contribution in [0.25, 0.3) is 0 Å². The van der Waals surface area contributed by atoms with Crippen molar-refractivity contribution in [3.05, 3.63) is 23.8 Å². The summed E-state index contributed by atoms with van der Waals surface area (Å²) in [6.07, 6.45) is 5.83. The molecule has 4 rings (SSSR count). The highest BCUT2D eigenvalue weighted by Crippen LogP contribution is 2.67. The van der Waals surface area contributed by atoms with Crippen LogP contribution in [0.2, 0.25) is 0 Å². The molecule has 4 aliphatic carbocycles. The van der Waals surface area contributed by atoms with Crippen LogP contribution >= 0.6 is 0 Å². The molecule has 0 heterocycles. The Hall–Kier alpha value is -1.99. The lowest BCUT2D eigenvalue weighted by Crippen LogP contribution is -2.64. The van der Waals surface area contributed by atoms with Crippen molar-refractivity contribution < 1.29 is 34.1 Å². The quantitative estimate of drug-likeness (QED) is 0.657. The van der Waals surface area contributed by atoms with E-state index in [4.69, 9.17) is 9.47 Å². The second-order valence-electron chi connectivity index (χ2n) is 10.2. The lowest BCUT2D eigenvalue weighted by molar-refractivity contribution is -0.218. The molecule has 4 aliphatic rings. The van der Waals surface area contributed by atoms with E-state index in [2.05, 4.69) is 6.92 Å². The van der Waals surface area contributed by atoms with Crippen molar-refractivity contribution in [1.82, 2.24) is 0 Å². The SMILES string of the molecule is COC(=O)C(OC(C)=O)[C@@]1(O)CC[C@H]2[C@@H]3CCC4=CC(=O)C=C[C@]4(C)[C@H]3C(O)C[C@@]21C. The highest BCUT2D eigenvalue weighted by molar-refractivity contribution is 6.01. The lowest BCUT2D eigenvalue weighted by atomic mass is 9.46. The fourth-order valence-corrected chi connectivity index (χ4v) is 7.41. The summed E-state index contributed by atoms with van der Waals surface area (Å²) in [6, 6.07) is 0. The second kappa shape index (κ2) is 7.27. The van der Waals surface area contributed by atoms with Gasteiger partial charge in [0.15, 0.2) is 5.78 Å². The second-order valence-corrected chi connectivity index (χ2v) is 10.2. The van der Waals surface area contributed by atoms with Crippen molar-refractivity contribution in [2.24, 2.45) is 28.6 Å². The molecule has 0 aromatic carbocycles. The minimum absolute atomic E-state index is 0.0152. The third-order valence-electron chi connectivity index (χ3n) is 8.84. The maximum absolute atomic E-state index is 12.5. The van der Waals surface area contributed by atoms with Crippen molar-refractivity contribution >= 4 is 17.7 Å². The van der Waals surface area contributed by atoms with E-state index in [1.54, 1.807) is 12.2 Å². The number of hydrogen-bond donors (Lipinski definition) is 2. The summed E-state index contributed by atoms with van der Waals surface area (Å²) >= 11 is 0. The van der Waals surface area contributed by atoms with Gasteiger partial charge in [-0.2, -0.15) is 0 Å². The van der Waals surface area contributed by atoms with Crippen LogP contribution in [-0.4, -0.2) is 52.9 Å². The minimum Gasteiger partial charge on any atom is -0.466 e. The van der Waals surface area contributed by atoms with Crippen LogP contribution in [0.1, 0.15) is 52.9 Å². The maximum atomic E-state index is 12.5. The summed E-state index contributed by atoms with van der Waals surface area (Å²) in [6.45, 7) is 5.19. The number of esters is 2. The molecule has 0 radical (unpaired) electrons. The van der Waals surface area contributed by atoms with Crippen LogP contribution in [-0.2, 0) is 23.9 Å². The first-order valence-electron chi connectivity index (χ1n) is 11.1. The van der Waals surface area contributed by atoms with Crippen LogP contribution in [0.4, 0.5) is 0 Å². The van der Waals surface area contributed by atoms with E-state index in [0.717, 1.165) is 18.4 Å². The predicted molar refractivity (Wildman–Crippen MR) is 111 cm³/mol.